The van der Waals surface area contributed by atoms with E-state index in [0.29, 0.717) is 0 Å². The molecule has 0 saturated heterocycles. The number of carbonyl (C=O) groups excluding carboxylic acids is 1. The van der Waals surface area contributed by atoms with E-state index in [4.69, 9.17) is 0 Å². The normalized spacial score (nSPS) is 14.0. The molecule has 15 heavy (non-hydrogen) atoms. The number of thiocarbonyl (C=S) groups is 1. The maximum Gasteiger partial charge on any atom is 0.246 e. The molecule has 1 atom stereocenters. The van der Waals surface area contributed by atoms with Crippen LogP contribution in [0, 0.1) is 5.41 Å². The van der Waals surface area contributed by atoms with Crippen molar-refractivity contribution in [1.29, 1.82) is 0 Å². The first-order valence-corrected chi connectivity index (χ1v) is 5.38. The number of hydrogen-bond acceptors (Lipinski definition) is 3. The van der Waals surface area contributed by atoms with Gasteiger partial charge in [0.05, 0.1) is 5.16 Å². The molecule has 0 aliphatic heterocycles. The third-order valence-electron chi connectivity index (χ3n) is 1.75. The lowest BCUT2D eigenvalue weighted by Crippen LogP contribution is -2.49. The lowest BCUT2D eigenvalue weighted by molar-refractivity contribution is -0.125. The van der Waals surface area contributed by atoms with E-state index in [1.54, 1.807) is 0 Å². The molecule has 0 fully saturated rings. The minimum atomic E-state index is -0.478. The summed E-state index contributed by atoms with van der Waals surface area (Å²) in [7, 11) is 0. The van der Waals surface area contributed by atoms with E-state index in [9.17, 15) is 4.79 Å². The van der Waals surface area contributed by atoms with Crippen LogP contribution >= 0.6 is 12.2 Å². The fourth-order valence-electron chi connectivity index (χ4n) is 1.14. The van der Waals surface area contributed by atoms with Gasteiger partial charge in [0.25, 0.3) is 0 Å². The van der Waals surface area contributed by atoms with Crippen LogP contribution in [-0.2, 0) is 4.79 Å². The second-order valence-corrected chi connectivity index (χ2v) is 5.91. The van der Waals surface area contributed by atoms with Crippen molar-refractivity contribution < 1.29 is 4.79 Å². The zero-order valence-electron chi connectivity index (χ0n) is 10.3. The lowest BCUT2D eigenvalue weighted by atomic mass is 9.86. The van der Waals surface area contributed by atoms with Gasteiger partial charge in [-0.1, -0.05) is 20.8 Å². The summed E-state index contributed by atoms with van der Waals surface area (Å²) in [6, 6.07) is -0.478. The first-order chi connectivity index (χ1) is 6.58. The van der Waals surface area contributed by atoms with Gasteiger partial charge in [0.1, 0.15) is 6.04 Å². The Kier molecular flexibility index (Phi) is 4.63. The van der Waals surface area contributed by atoms with Crippen LogP contribution in [0.25, 0.3) is 0 Å². The van der Waals surface area contributed by atoms with Crippen molar-refractivity contribution in [2.75, 3.05) is 0 Å². The van der Waals surface area contributed by atoms with Gasteiger partial charge in [-0.2, -0.15) is 0 Å². The number of aliphatic imine (C=N–C) groups is 1. The van der Waals surface area contributed by atoms with Crippen LogP contribution < -0.4 is 5.32 Å². The molecule has 1 unspecified atom stereocenters. The van der Waals surface area contributed by atoms with Crippen molar-refractivity contribution in [2.24, 2.45) is 10.4 Å². The van der Waals surface area contributed by atoms with E-state index in [1.165, 1.54) is 0 Å². The number of isothiocyanates is 1. The molecule has 0 saturated carbocycles. The Labute approximate surface area is 97.4 Å². The summed E-state index contributed by atoms with van der Waals surface area (Å²) in [4.78, 5) is 15.8. The highest BCUT2D eigenvalue weighted by atomic mass is 32.1. The summed E-state index contributed by atoms with van der Waals surface area (Å²) in [5.74, 6) is -0.104. The average Bonchev–Trinajstić information content (AvgIpc) is 1.93. The predicted octanol–water partition coefficient (Wildman–Crippen LogP) is 2.42. The van der Waals surface area contributed by atoms with Crippen molar-refractivity contribution in [3.05, 3.63) is 0 Å². The minimum absolute atomic E-state index is 0.104. The van der Waals surface area contributed by atoms with Crippen molar-refractivity contribution in [3.8, 4) is 0 Å². The third-order valence-corrected chi connectivity index (χ3v) is 1.85. The summed E-state index contributed by atoms with van der Waals surface area (Å²) >= 11 is 4.56. The molecule has 0 spiro atoms. The smallest absolute Gasteiger partial charge is 0.246 e. The molecule has 0 aromatic rings. The van der Waals surface area contributed by atoms with E-state index in [1.807, 2.05) is 41.5 Å². The molecule has 0 rings (SSSR count). The molecule has 86 valence electrons. The van der Waals surface area contributed by atoms with Crippen molar-refractivity contribution in [3.63, 3.8) is 0 Å². The van der Waals surface area contributed by atoms with Gasteiger partial charge >= 0.3 is 0 Å². The summed E-state index contributed by atoms with van der Waals surface area (Å²) in [6.45, 7) is 11.7. The number of carbonyl (C=O) groups is 1. The van der Waals surface area contributed by atoms with Gasteiger partial charge in [-0.05, 0) is 38.4 Å². The van der Waals surface area contributed by atoms with E-state index in [2.05, 4.69) is 27.7 Å². The summed E-state index contributed by atoms with van der Waals surface area (Å²) in [5, 5.41) is 5.18. The summed E-state index contributed by atoms with van der Waals surface area (Å²) in [5.41, 5.74) is -0.501. The quantitative estimate of drug-likeness (QED) is 0.582. The highest BCUT2D eigenvalue weighted by Crippen LogP contribution is 2.22. The molecular weight excluding hydrogens is 208 g/mol. The number of amides is 1. The fourth-order valence-corrected chi connectivity index (χ4v) is 1.24. The topological polar surface area (TPSA) is 41.5 Å². The van der Waals surface area contributed by atoms with Crippen molar-refractivity contribution in [2.45, 2.75) is 53.1 Å². The summed E-state index contributed by atoms with van der Waals surface area (Å²) in [6.07, 6.45) is 0. The standard InChI is InChI=1S/C11H20N2OS/c1-10(2,3)8(12-7-15)9(14)13-11(4,5)6/h8H,1-6H3,(H,13,14). The Morgan fingerprint density at radius 1 is 1.27 bits per heavy atom. The zero-order chi connectivity index (χ0) is 12.3. The van der Waals surface area contributed by atoms with Crippen LogP contribution in [0.15, 0.2) is 4.99 Å². The number of nitrogens with one attached hydrogen (secondary N) is 1. The lowest BCUT2D eigenvalue weighted by Gasteiger charge is -2.29. The van der Waals surface area contributed by atoms with Gasteiger partial charge in [-0.15, -0.1) is 0 Å². The maximum absolute atomic E-state index is 11.9. The van der Waals surface area contributed by atoms with Gasteiger partial charge in [0.15, 0.2) is 0 Å². The van der Waals surface area contributed by atoms with Gasteiger partial charge in [-0.25, -0.2) is 4.99 Å². The van der Waals surface area contributed by atoms with E-state index >= 15 is 0 Å². The van der Waals surface area contributed by atoms with Crippen LogP contribution in [0.4, 0.5) is 0 Å². The number of rotatable bonds is 2. The second kappa shape index (κ2) is 4.86. The van der Waals surface area contributed by atoms with Crippen LogP contribution in [0.2, 0.25) is 0 Å². The molecule has 0 aromatic heterocycles. The molecule has 3 nitrogen and oxygen atoms in total. The fraction of sp³-hybridized carbons (Fsp3) is 0.818. The highest BCUT2D eigenvalue weighted by Gasteiger charge is 2.32. The van der Waals surface area contributed by atoms with Crippen LogP contribution in [0.1, 0.15) is 41.5 Å². The Morgan fingerprint density at radius 3 is 2.00 bits per heavy atom. The third kappa shape index (κ3) is 5.65. The highest BCUT2D eigenvalue weighted by molar-refractivity contribution is 7.78. The van der Waals surface area contributed by atoms with Crippen LogP contribution in [0.5, 0.6) is 0 Å². The van der Waals surface area contributed by atoms with Crippen molar-refractivity contribution in [1.82, 2.24) is 5.32 Å². The SMILES string of the molecule is CC(C)(C)NC(=O)C(N=C=S)C(C)(C)C. The van der Waals surface area contributed by atoms with E-state index in [0.717, 1.165) is 0 Å². The zero-order valence-corrected chi connectivity index (χ0v) is 11.2. The number of nitrogens with zero attached hydrogens (tertiary/aromatic N) is 1. The van der Waals surface area contributed by atoms with Gasteiger partial charge in [-0.3, -0.25) is 4.79 Å². The molecule has 4 heteroatoms. The molecule has 0 aliphatic rings. The van der Waals surface area contributed by atoms with Crippen LogP contribution in [-0.4, -0.2) is 22.6 Å². The first kappa shape index (κ1) is 14.3. The molecule has 0 radical (unpaired) electrons. The predicted molar refractivity (Wildman–Crippen MR) is 66.2 cm³/mol. The molecule has 0 bridgehead atoms. The average molecular weight is 228 g/mol. The minimum Gasteiger partial charge on any atom is -0.350 e. The van der Waals surface area contributed by atoms with Gasteiger partial charge in [0.2, 0.25) is 5.91 Å². The molecule has 0 aliphatic carbocycles. The monoisotopic (exact) mass is 228 g/mol. The molecule has 0 heterocycles. The maximum atomic E-state index is 11.9. The Bertz CT molecular complexity index is 280. The molecule has 0 aromatic carbocycles. The van der Waals surface area contributed by atoms with Crippen LogP contribution in [0.3, 0.4) is 0 Å². The van der Waals surface area contributed by atoms with Gasteiger partial charge in [0, 0.05) is 5.54 Å². The van der Waals surface area contributed by atoms with E-state index in [-0.39, 0.29) is 16.9 Å². The largest absolute Gasteiger partial charge is 0.350 e. The Hall–Kier alpha value is -0.730. The second-order valence-electron chi connectivity index (χ2n) is 5.73. The molecular formula is C11H20N2OS. The van der Waals surface area contributed by atoms with Crippen molar-refractivity contribution >= 4 is 23.3 Å². The molecule has 1 N–H and O–H groups in total. The first-order valence-electron chi connectivity index (χ1n) is 4.97. The molecule has 1 amide bonds. The summed E-state index contributed by atoms with van der Waals surface area (Å²) < 4.78 is 0. The number of hydrogen-bond donors (Lipinski definition) is 1. The van der Waals surface area contributed by atoms with E-state index < -0.39 is 6.04 Å². The Balaban J connectivity index is 4.81. The van der Waals surface area contributed by atoms with Gasteiger partial charge < -0.3 is 5.32 Å². The Morgan fingerprint density at radius 2 is 1.73 bits per heavy atom.